The van der Waals surface area contributed by atoms with Crippen molar-refractivity contribution in [1.82, 2.24) is 15.1 Å². The molecule has 82 valence electrons. The molecule has 1 aromatic heterocycles. The number of nitrogens with zero attached hydrogens (tertiary/aromatic N) is 2. The van der Waals surface area contributed by atoms with Gasteiger partial charge in [-0.25, -0.2) is 0 Å². The molecule has 0 bridgehead atoms. The van der Waals surface area contributed by atoms with Crippen LogP contribution in [-0.4, -0.2) is 45.6 Å². The van der Waals surface area contributed by atoms with Gasteiger partial charge in [0.25, 0.3) is 0 Å². The van der Waals surface area contributed by atoms with Crippen LogP contribution in [0, 0.1) is 0 Å². The molecule has 0 aromatic carbocycles. The minimum absolute atomic E-state index is 0.275. The topological polar surface area (TPSA) is 49.0 Å². The Morgan fingerprint density at radius 2 is 2.33 bits per heavy atom. The molecule has 0 unspecified atom stereocenters. The first-order valence-corrected chi connectivity index (χ1v) is 6.35. The van der Waals surface area contributed by atoms with Crippen LogP contribution >= 0.6 is 11.8 Å². The second-order valence-corrected chi connectivity index (χ2v) is 4.82. The molecule has 5 heteroatoms. The monoisotopic (exact) mass is 225 g/mol. The Morgan fingerprint density at radius 1 is 1.53 bits per heavy atom. The molecule has 1 aliphatic heterocycles. The summed E-state index contributed by atoms with van der Waals surface area (Å²) in [7, 11) is 0. The van der Waals surface area contributed by atoms with E-state index < -0.39 is 0 Å². The lowest BCUT2D eigenvalue weighted by molar-refractivity contribution is -0.130. The van der Waals surface area contributed by atoms with E-state index in [2.05, 4.69) is 10.2 Å². The number of rotatable bonds is 3. The molecule has 1 saturated heterocycles. The molecule has 0 saturated carbocycles. The predicted octanol–water partition coefficient (Wildman–Crippen LogP) is 0.918. The number of thioether (sulfide) groups is 1. The third-order valence-electron chi connectivity index (χ3n) is 2.55. The maximum atomic E-state index is 11.8. The Bertz CT molecular complexity index is 306. The molecule has 1 aliphatic rings. The molecule has 2 heterocycles. The highest BCUT2D eigenvalue weighted by atomic mass is 32.2. The van der Waals surface area contributed by atoms with Gasteiger partial charge in [-0.3, -0.25) is 9.89 Å². The van der Waals surface area contributed by atoms with Gasteiger partial charge in [-0.15, -0.1) is 0 Å². The zero-order valence-electron chi connectivity index (χ0n) is 8.61. The molecule has 0 atom stereocenters. The minimum Gasteiger partial charge on any atom is -0.341 e. The summed E-state index contributed by atoms with van der Waals surface area (Å²) in [5.41, 5.74) is 1.11. The quantitative estimate of drug-likeness (QED) is 0.832. The molecule has 0 aliphatic carbocycles. The lowest BCUT2D eigenvalue weighted by Crippen LogP contribution is -2.37. The molecule has 1 N–H and O–H groups in total. The molecule has 0 spiro atoms. The first-order chi connectivity index (χ1) is 7.36. The van der Waals surface area contributed by atoms with Gasteiger partial charge >= 0.3 is 0 Å². The number of hydrogen-bond donors (Lipinski definition) is 1. The number of carbonyl (C=O) groups is 1. The van der Waals surface area contributed by atoms with Crippen molar-refractivity contribution in [3.63, 3.8) is 0 Å². The van der Waals surface area contributed by atoms with Gasteiger partial charge in [0, 0.05) is 37.2 Å². The largest absolute Gasteiger partial charge is 0.341 e. The Balaban J connectivity index is 1.76. The van der Waals surface area contributed by atoms with E-state index in [1.54, 1.807) is 6.20 Å². The van der Waals surface area contributed by atoms with Crippen molar-refractivity contribution in [3.05, 3.63) is 18.0 Å². The molecular formula is C10H15N3OS. The van der Waals surface area contributed by atoms with Crippen LogP contribution in [0.1, 0.15) is 12.0 Å². The molecule has 15 heavy (non-hydrogen) atoms. The minimum atomic E-state index is 0.275. The molecule has 4 nitrogen and oxygen atoms in total. The summed E-state index contributed by atoms with van der Waals surface area (Å²) < 4.78 is 0. The van der Waals surface area contributed by atoms with Gasteiger partial charge in [0.2, 0.25) is 5.91 Å². The average Bonchev–Trinajstić information content (AvgIpc) is 2.80. The number of amides is 1. The van der Waals surface area contributed by atoms with Gasteiger partial charge in [-0.2, -0.15) is 16.9 Å². The second-order valence-electron chi connectivity index (χ2n) is 3.60. The number of aromatic amines is 1. The van der Waals surface area contributed by atoms with Crippen LogP contribution in [0.15, 0.2) is 12.4 Å². The van der Waals surface area contributed by atoms with Gasteiger partial charge in [0.05, 0.1) is 6.20 Å². The fourth-order valence-corrected chi connectivity index (χ4v) is 2.54. The maximum Gasteiger partial charge on any atom is 0.222 e. The van der Waals surface area contributed by atoms with Crippen molar-refractivity contribution in [3.8, 4) is 0 Å². The van der Waals surface area contributed by atoms with E-state index in [-0.39, 0.29) is 5.91 Å². The van der Waals surface area contributed by atoms with Crippen molar-refractivity contribution >= 4 is 17.7 Å². The molecule has 1 amide bonds. The van der Waals surface area contributed by atoms with Crippen LogP contribution < -0.4 is 0 Å². The van der Waals surface area contributed by atoms with Crippen LogP contribution in [0.25, 0.3) is 0 Å². The Hall–Kier alpha value is -0.970. The lowest BCUT2D eigenvalue weighted by Gasteiger charge is -2.26. The van der Waals surface area contributed by atoms with Crippen molar-refractivity contribution < 1.29 is 4.79 Å². The predicted molar refractivity (Wildman–Crippen MR) is 60.8 cm³/mol. The molecule has 1 fully saturated rings. The fourth-order valence-electron chi connectivity index (χ4n) is 1.64. The Morgan fingerprint density at radius 3 is 3.00 bits per heavy atom. The van der Waals surface area contributed by atoms with Crippen molar-refractivity contribution in [2.75, 3.05) is 24.6 Å². The first kappa shape index (κ1) is 10.5. The fraction of sp³-hybridized carbons (Fsp3) is 0.600. The van der Waals surface area contributed by atoms with E-state index in [1.165, 1.54) is 0 Å². The van der Waals surface area contributed by atoms with Crippen LogP contribution in [0.4, 0.5) is 0 Å². The Kier molecular flexibility index (Phi) is 3.66. The number of nitrogens with one attached hydrogen (secondary N) is 1. The van der Waals surface area contributed by atoms with Gasteiger partial charge in [-0.1, -0.05) is 0 Å². The van der Waals surface area contributed by atoms with Crippen LogP contribution in [0.3, 0.4) is 0 Å². The molecule has 1 aromatic rings. The van der Waals surface area contributed by atoms with Gasteiger partial charge < -0.3 is 4.90 Å². The number of H-pyrrole nitrogens is 1. The van der Waals surface area contributed by atoms with Gasteiger partial charge in [0.1, 0.15) is 0 Å². The van der Waals surface area contributed by atoms with Crippen LogP contribution in [0.2, 0.25) is 0 Å². The first-order valence-electron chi connectivity index (χ1n) is 5.19. The SMILES string of the molecule is O=C(CCc1cn[nH]c1)N1CCSCC1. The highest BCUT2D eigenvalue weighted by Crippen LogP contribution is 2.11. The van der Waals surface area contributed by atoms with E-state index in [1.807, 2.05) is 22.9 Å². The maximum absolute atomic E-state index is 11.8. The van der Waals surface area contributed by atoms with Crippen LogP contribution in [0.5, 0.6) is 0 Å². The summed E-state index contributed by atoms with van der Waals surface area (Å²) in [5.74, 6) is 2.44. The highest BCUT2D eigenvalue weighted by Gasteiger charge is 2.16. The molecule has 2 rings (SSSR count). The third-order valence-corrected chi connectivity index (χ3v) is 3.49. The molecule has 0 radical (unpaired) electrons. The van der Waals surface area contributed by atoms with E-state index in [0.717, 1.165) is 36.6 Å². The van der Waals surface area contributed by atoms with E-state index >= 15 is 0 Å². The lowest BCUT2D eigenvalue weighted by atomic mass is 10.2. The summed E-state index contributed by atoms with van der Waals surface area (Å²) in [4.78, 5) is 13.7. The van der Waals surface area contributed by atoms with Crippen molar-refractivity contribution in [1.29, 1.82) is 0 Å². The summed E-state index contributed by atoms with van der Waals surface area (Å²) in [6, 6.07) is 0. The summed E-state index contributed by atoms with van der Waals surface area (Å²) in [6.07, 6.45) is 5.02. The van der Waals surface area contributed by atoms with Gasteiger partial charge in [0.15, 0.2) is 0 Å². The Labute approximate surface area is 93.4 Å². The number of hydrogen-bond acceptors (Lipinski definition) is 3. The summed E-state index contributed by atoms with van der Waals surface area (Å²) >= 11 is 1.92. The average molecular weight is 225 g/mol. The second kappa shape index (κ2) is 5.21. The zero-order valence-corrected chi connectivity index (χ0v) is 9.42. The number of carbonyl (C=O) groups excluding carboxylic acids is 1. The van der Waals surface area contributed by atoms with E-state index in [9.17, 15) is 4.79 Å². The smallest absolute Gasteiger partial charge is 0.222 e. The zero-order chi connectivity index (χ0) is 10.5. The third kappa shape index (κ3) is 2.99. The van der Waals surface area contributed by atoms with Crippen LogP contribution in [-0.2, 0) is 11.2 Å². The number of aromatic nitrogens is 2. The molecular weight excluding hydrogens is 210 g/mol. The van der Waals surface area contributed by atoms with Crippen molar-refractivity contribution in [2.24, 2.45) is 0 Å². The summed E-state index contributed by atoms with van der Waals surface area (Å²) in [6.45, 7) is 1.82. The van der Waals surface area contributed by atoms with E-state index in [4.69, 9.17) is 0 Å². The normalized spacial score (nSPS) is 16.7. The van der Waals surface area contributed by atoms with Crippen molar-refractivity contribution in [2.45, 2.75) is 12.8 Å². The number of aryl methyl sites for hydroxylation is 1. The van der Waals surface area contributed by atoms with Gasteiger partial charge in [-0.05, 0) is 12.0 Å². The standard InChI is InChI=1S/C10H15N3OS/c14-10(13-3-5-15-6-4-13)2-1-9-7-11-12-8-9/h7-8H,1-6H2,(H,11,12). The van der Waals surface area contributed by atoms with E-state index in [0.29, 0.717) is 6.42 Å². The summed E-state index contributed by atoms with van der Waals surface area (Å²) in [5, 5.41) is 6.61. The highest BCUT2D eigenvalue weighted by molar-refractivity contribution is 7.99.